The van der Waals surface area contributed by atoms with Crippen LogP contribution in [0.15, 0.2) is 0 Å². The highest BCUT2D eigenvalue weighted by Gasteiger charge is 2.31. The number of ether oxygens (including phenoxy) is 2. The first-order chi connectivity index (χ1) is 9.08. The molecule has 0 saturated carbocycles. The van der Waals surface area contributed by atoms with E-state index in [-0.39, 0.29) is 18.1 Å². The number of carbonyl (C=O) groups is 1. The molecule has 0 aromatic carbocycles. The van der Waals surface area contributed by atoms with Gasteiger partial charge in [-0.25, -0.2) is 0 Å². The molecule has 1 aromatic rings. The van der Waals surface area contributed by atoms with E-state index in [2.05, 4.69) is 10.4 Å². The number of amides is 1. The predicted octanol–water partition coefficient (Wildman–Crippen LogP) is 0.911. The number of methoxy groups -OCH3 is 1. The molecule has 1 amide bonds. The van der Waals surface area contributed by atoms with Crippen LogP contribution in [0, 0.1) is 0 Å². The quantitative estimate of drug-likeness (QED) is 0.880. The Morgan fingerprint density at radius 3 is 2.95 bits per heavy atom. The highest BCUT2D eigenvalue weighted by Crippen LogP contribution is 2.31. The van der Waals surface area contributed by atoms with Gasteiger partial charge < -0.3 is 14.8 Å². The second-order valence-corrected chi connectivity index (χ2v) is 4.80. The summed E-state index contributed by atoms with van der Waals surface area (Å²) < 4.78 is 12.6. The molecule has 0 spiro atoms. The number of carbonyl (C=O) groups excluding carboxylic acids is 1. The Balaban J connectivity index is 2.44. The van der Waals surface area contributed by atoms with E-state index in [0.717, 1.165) is 17.7 Å². The first kappa shape index (κ1) is 14.0. The van der Waals surface area contributed by atoms with Crippen LogP contribution in [0.1, 0.15) is 41.7 Å². The van der Waals surface area contributed by atoms with Crippen molar-refractivity contribution in [2.24, 2.45) is 0 Å². The zero-order valence-corrected chi connectivity index (χ0v) is 11.9. The van der Waals surface area contributed by atoms with Crippen molar-refractivity contribution in [3.05, 3.63) is 17.0 Å². The maximum Gasteiger partial charge on any atom is 0.269 e. The normalized spacial score (nSPS) is 22.1. The van der Waals surface area contributed by atoms with E-state index in [4.69, 9.17) is 9.47 Å². The third-order valence-electron chi connectivity index (χ3n) is 3.34. The van der Waals surface area contributed by atoms with E-state index < -0.39 is 0 Å². The number of nitrogens with one attached hydrogen (secondary N) is 1. The SMILES string of the molecule is CNC(=O)c1c2c(nn1CCOC)[C@H](C)O[C@H](C)C2. The van der Waals surface area contributed by atoms with E-state index in [1.807, 2.05) is 13.8 Å². The minimum Gasteiger partial charge on any atom is -0.383 e. The van der Waals surface area contributed by atoms with Crippen molar-refractivity contribution in [2.75, 3.05) is 20.8 Å². The molecule has 6 heteroatoms. The van der Waals surface area contributed by atoms with E-state index >= 15 is 0 Å². The van der Waals surface area contributed by atoms with Crippen molar-refractivity contribution < 1.29 is 14.3 Å². The lowest BCUT2D eigenvalue weighted by Gasteiger charge is -2.24. The van der Waals surface area contributed by atoms with Gasteiger partial charge in [0.15, 0.2) is 0 Å². The zero-order chi connectivity index (χ0) is 14.0. The lowest BCUT2D eigenvalue weighted by molar-refractivity contribution is -0.00716. The van der Waals surface area contributed by atoms with Gasteiger partial charge in [0.05, 0.1) is 31.1 Å². The van der Waals surface area contributed by atoms with E-state index in [9.17, 15) is 4.79 Å². The first-order valence-corrected chi connectivity index (χ1v) is 6.54. The van der Waals surface area contributed by atoms with Gasteiger partial charge in [-0.2, -0.15) is 5.10 Å². The number of nitrogens with zero attached hydrogens (tertiary/aromatic N) is 2. The van der Waals surface area contributed by atoms with Crippen LogP contribution in [0.25, 0.3) is 0 Å². The molecule has 106 valence electrons. The van der Waals surface area contributed by atoms with Gasteiger partial charge >= 0.3 is 0 Å². The summed E-state index contributed by atoms with van der Waals surface area (Å²) in [7, 11) is 3.27. The molecule has 0 unspecified atom stereocenters. The fraction of sp³-hybridized carbons (Fsp3) is 0.692. The van der Waals surface area contributed by atoms with Gasteiger partial charge in [-0.05, 0) is 13.8 Å². The summed E-state index contributed by atoms with van der Waals surface area (Å²) in [5.41, 5.74) is 2.51. The molecule has 1 aromatic heterocycles. The topological polar surface area (TPSA) is 65.4 Å². The average Bonchev–Trinajstić information content (AvgIpc) is 2.74. The number of rotatable bonds is 4. The van der Waals surface area contributed by atoms with Gasteiger partial charge in [0, 0.05) is 26.1 Å². The minimum absolute atomic E-state index is 0.0778. The van der Waals surface area contributed by atoms with Gasteiger partial charge in [-0.1, -0.05) is 0 Å². The van der Waals surface area contributed by atoms with Crippen LogP contribution in [-0.2, 0) is 22.4 Å². The molecule has 2 atom stereocenters. The maximum atomic E-state index is 12.1. The molecule has 0 saturated heterocycles. The molecule has 0 bridgehead atoms. The van der Waals surface area contributed by atoms with Crippen molar-refractivity contribution in [2.45, 2.75) is 39.0 Å². The van der Waals surface area contributed by atoms with Gasteiger partial charge in [0.25, 0.3) is 5.91 Å². The van der Waals surface area contributed by atoms with Crippen molar-refractivity contribution >= 4 is 5.91 Å². The number of hydrogen-bond acceptors (Lipinski definition) is 4. The third kappa shape index (κ3) is 2.64. The van der Waals surface area contributed by atoms with Crippen LogP contribution in [0.2, 0.25) is 0 Å². The number of hydrogen-bond donors (Lipinski definition) is 1. The zero-order valence-electron chi connectivity index (χ0n) is 11.9. The van der Waals surface area contributed by atoms with Gasteiger partial charge in [-0.3, -0.25) is 9.48 Å². The average molecular weight is 267 g/mol. The summed E-state index contributed by atoms with van der Waals surface area (Å²) in [6, 6.07) is 0. The second kappa shape index (κ2) is 5.71. The van der Waals surface area contributed by atoms with Gasteiger partial charge in [0.1, 0.15) is 5.69 Å². The molecule has 0 radical (unpaired) electrons. The standard InChI is InChI=1S/C13H21N3O3/c1-8-7-10-11(9(2)19-8)15-16(5-6-18-4)12(10)13(17)14-3/h8-9H,5-7H2,1-4H3,(H,14,17)/t8-,9+/m1/s1. The van der Waals surface area contributed by atoms with E-state index in [1.54, 1.807) is 18.8 Å². The predicted molar refractivity (Wildman–Crippen MR) is 70.2 cm³/mol. The molecule has 1 aliphatic heterocycles. The van der Waals surface area contributed by atoms with Crippen molar-refractivity contribution in [1.82, 2.24) is 15.1 Å². The first-order valence-electron chi connectivity index (χ1n) is 6.54. The summed E-state index contributed by atoms with van der Waals surface area (Å²) in [5.74, 6) is -0.105. The monoisotopic (exact) mass is 267 g/mol. The molecule has 2 heterocycles. The summed E-state index contributed by atoms with van der Waals surface area (Å²) >= 11 is 0. The van der Waals surface area contributed by atoms with Crippen molar-refractivity contribution in [1.29, 1.82) is 0 Å². The molecule has 19 heavy (non-hydrogen) atoms. The fourth-order valence-corrected chi connectivity index (χ4v) is 2.51. The van der Waals surface area contributed by atoms with Crippen LogP contribution in [0.5, 0.6) is 0 Å². The maximum absolute atomic E-state index is 12.1. The van der Waals surface area contributed by atoms with Crippen LogP contribution in [-0.4, -0.2) is 42.6 Å². The molecule has 1 aliphatic rings. The van der Waals surface area contributed by atoms with Crippen LogP contribution in [0.3, 0.4) is 0 Å². The summed E-state index contributed by atoms with van der Waals surface area (Å²) in [5, 5.41) is 7.21. The summed E-state index contributed by atoms with van der Waals surface area (Å²) in [4.78, 5) is 12.1. The fourth-order valence-electron chi connectivity index (χ4n) is 2.51. The molecule has 6 nitrogen and oxygen atoms in total. The molecule has 0 fully saturated rings. The minimum atomic E-state index is -0.105. The lowest BCUT2D eigenvalue weighted by Crippen LogP contribution is -2.27. The third-order valence-corrected chi connectivity index (χ3v) is 3.34. The summed E-state index contributed by atoms with van der Waals surface area (Å²) in [6.07, 6.45) is 0.743. The Morgan fingerprint density at radius 1 is 1.58 bits per heavy atom. The molecule has 0 aliphatic carbocycles. The smallest absolute Gasteiger partial charge is 0.269 e. The lowest BCUT2D eigenvalue weighted by atomic mass is 9.99. The van der Waals surface area contributed by atoms with Gasteiger partial charge in [-0.15, -0.1) is 0 Å². The van der Waals surface area contributed by atoms with Crippen molar-refractivity contribution in [3.8, 4) is 0 Å². The van der Waals surface area contributed by atoms with E-state index in [1.165, 1.54) is 0 Å². The molecular formula is C13H21N3O3. The van der Waals surface area contributed by atoms with E-state index in [0.29, 0.717) is 18.8 Å². The number of fused-ring (bicyclic) bond motifs is 1. The summed E-state index contributed by atoms with van der Waals surface area (Å²) in [6.45, 7) is 5.07. The Bertz CT molecular complexity index is 470. The Labute approximate surface area is 113 Å². The highest BCUT2D eigenvalue weighted by atomic mass is 16.5. The molecule has 2 rings (SSSR count). The van der Waals surface area contributed by atoms with Crippen LogP contribution >= 0.6 is 0 Å². The Morgan fingerprint density at radius 2 is 2.32 bits per heavy atom. The number of aromatic nitrogens is 2. The Hall–Kier alpha value is -1.40. The molecule has 1 N–H and O–H groups in total. The van der Waals surface area contributed by atoms with Gasteiger partial charge in [0.2, 0.25) is 0 Å². The van der Waals surface area contributed by atoms with Crippen LogP contribution in [0.4, 0.5) is 0 Å². The Kier molecular flexibility index (Phi) is 4.21. The second-order valence-electron chi connectivity index (χ2n) is 4.80. The van der Waals surface area contributed by atoms with Crippen molar-refractivity contribution in [3.63, 3.8) is 0 Å². The van der Waals surface area contributed by atoms with Crippen LogP contribution < -0.4 is 5.32 Å². The largest absolute Gasteiger partial charge is 0.383 e. The highest BCUT2D eigenvalue weighted by molar-refractivity contribution is 5.94. The molecular weight excluding hydrogens is 246 g/mol.